The zero-order valence-electron chi connectivity index (χ0n) is 9.15. The van der Waals surface area contributed by atoms with Crippen molar-refractivity contribution in [1.29, 1.82) is 0 Å². The molecule has 0 fully saturated rings. The fourth-order valence-electron chi connectivity index (χ4n) is 1.55. The van der Waals surface area contributed by atoms with Gasteiger partial charge in [0.1, 0.15) is 6.33 Å². The van der Waals surface area contributed by atoms with Crippen molar-refractivity contribution in [2.24, 2.45) is 0 Å². The lowest BCUT2D eigenvalue weighted by Gasteiger charge is -2.15. The molecule has 0 amide bonds. The van der Waals surface area contributed by atoms with Crippen LogP contribution in [0.4, 0.5) is 0 Å². The Morgan fingerprint density at radius 1 is 1.35 bits per heavy atom. The van der Waals surface area contributed by atoms with E-state index in [0.717, 1.165) is 20.4 Å². The lowest BCUT2D eigenvalue weighted by molar-refractivity contribution is 0.635. The summed E-state index contributed by atoms with van der Waals surface area (Å²) in [7, 11) is 0. The van der Waals surface area contributed by atoms with Crippen LogP contribution < -0.4 is 5.32 Å². The second-order valence-electron chi connectivity index (χ2n) is 3.43. The van der Waals surface area contributed by atoms with E-state index in [9.17, 15) is 0 Å². The quantitative estimate of drug-likeness (QED) is 0.882. The topological polar surface area (TPSA) is 37.8 Å². The van der Waals surface area contributed by atoms with Gasteiger partial charge in [-0.3, -0.25) is 0 Å². The molecule has 1 N–H and O–H groups in total. The first kappa shape index (κ1) is 13.1. The first-order valence-corrected chi connectivity index (χ1v) is 7.55. The molecule has 3 nitrogen and oxygen atoms in total. The number of halogens is 2. The van der Waals surface area contributed by atoms with E-state index < -0.39 is 0 Å². The SMILES string of the molecule is CCNC(c1cncnc1)c1cc(Br)c(Br)s1. The largest absolute Gasteiger partial charge is 0.306 e. The highest BCUT2D eigenvalue weighted by Gasteiger charge is 2.17. The average Bonchev–Trinajstić information content (AvgIpc) is 2.67. The molecular weight excluding hydrogens is 366 g/mol. The van der Waals surface area contributed by atoms with Crippen molar-refractivity contribution in [3.05, 3.63) is 43.5 Å². The zero-order valence-corrected chi connectivity index (χ0v) is 13.1. The Balaban J connectivity index is 2.35. The predicted molar refractivity (Wildman–Crippen MR) is 77.3 cm³/mol. The molecule has 1 atom stereocenters. The minimum absolute atomic E-state index is 0.147. The van der Waals surface area contributed by atoms with E-state index >= 15 is 0 Å². The molecule has 2 rings (SSSR count). The van der Waals surface area contributed by atoms with Crippen LogP contribution in [0, 0.1) is 0 Å². The maximum absolute atomic E-state index is 4.07. The molecule has 17 heavy (non-hydrogen) atoms. The highest BCUT2D eigenvalue weighted by molar-refractivity contribution is 9.13. The van der Waals surface area contributed by atoms with E-state index in [1.54, 1.807) is 17.7 Å². The third-order valence-electron chi connectivity index (χ3n) is 2.27. The van der Waals surface area contributed by atoms with Crippen molar-refractivity contribution in [2.45, 2.75) is 13.0 Å². The first-order valence-electron chi connectivity index (χ1n) is 5.15. The lowest BCUT2D eigenvalue weighted by atomic mass is 10.1. The zero-order chi connectivity index (χ0) is 12.3. The number of aromatic nitrogens is 2. The van der Waals surface area contributed by atoms with Gasteiger partial charge in [-0.05, 0) is 44.5 Å². The van der Waals surface area contributed by atoms with Crippen molar-refractivity contribution < 1.29 is 0 Å². The smallest absolute Gasteiger partial charge is 0.115 e. The summed E-state index contributed by atoms with van der Waals surface area (Å²) in [5.74, 6) is 0. The van der Waals surface area contributed by atoms with Crippen molar-refractivity contribution >= 4 is 43.2 Å². The average molecular weight is 377 g/mol. The minimum atomic E-state index is 0.147. The van der Waals surface area contributed by atoms with Gasteiger partial charge in [-0.2, -0.15) is 0 Å². The van der Waals surface area contributed by atoms with Gasteiger partial charge in [-0.1, -0.05) is 6.92 Å². The Bertz CT molecular complexity index is 467. The van der Waals surface area contributed by atoms with Gasteiger partial charge in [0.15, 0.2) is 0 Å². The Morgan fingerprint density at radius 2 is 2.06 bits per heavy atom. The van der Waals surface area contributed by atoms with Gasteiger partial charge < -0.3 is 5.32 Å². The number of nitrogens with one attached hydrogen (secondary N) is 1. The van der Waals surface area contributed by atoms with E-state index in [1.807, 2.05) is 12.4 Å². The number of rotatable bonds is 4. The summed E-state index contributed by atoms with van der Waals surface area (Å²) in [5, 5.41) is 3.44. The molecule has 2 aromatic rings. The number of thiophene rings is 1. The number of hydrogen-bond donors (Lipinski definition) is 1. The van der Waals surface area contributed by atoms with Crippen LogP contribution in [-0.2, 0) is 0 Å². The molecule has 0 aliphatic rings. The van der Waals surface area contributed by atoms with Crippen molar-refractivity contribution in [2.75, 3.05) is 6.54 Å². The van der Waals surface area contributed by atoms with Crippen LogP contribution in [0.3, 0.4) is 0 Å². The van der Waals surface area contributed by atoms with Crippen LogP contribution in [0.1, 0.15) is 23.4 Å². The molecule has 2 aromatic heterocycles. The molecule has 0 spiro atoms. The minimum Gasteiger partial charge on any atom is -0.306 e. The van der Waals surface area contributed by atoms with Crippen LogP contribution in [0.5, 0.6) is 0 Å². The summed E-state index contributed by atoms with van der Waals surface area (Å²) in [4.78, 5) is 9.38. The van der Waals surface area contributed by atoms with Gasteiger partial charge in [-0.25, -0.2) is 9.97 Å². The third-order valence-corrected chi connectivity index (χ3v) is 5.59. The molecular formula is C11H11Br2N3S. The predicted octanol–water partition coefficient (Wildman–Crippen LogP) is 3.76. The maximum atomic E-state index is 4.07. The second-order valence-corrected chi connectivity index (χ2v) is 6.69. The fourth-order valence-corrected chi connectivity index (χ4v) is 3.75. The number of hydrogen-bond acceptors (Lipinski definition) is 4. The molecule has 0 saturated heterocycles. The van der Waals surface area contributed by atoms with E-state index in [1.165, 1.54) is 4.88 Å². The van der Waals surface area contributed by atoms with Crippen LogP contribution in [-0.4, -0.2) is 16.5 Å². The second kappa shape index (κ2) is 6.04. The molecule has 2 heterocycles. The number of nitrogens with zero attached hydrogens (tertiary/aromatic N) is 2. The highest BCUT2D eigenvalue weighted by atomic mass is 79.9. The molecule has 1 unspecified atom stereocenters. The standard InChI is InChI=1S/C11H11Br2N3S/c1-2-16-10(7-4-14-6-15-5-7)9-3-8(12)11(13)17-9/h3-6,10,16H,2H2,1H3. The molecule has 0 saturated carbocycles. The van der Waals surface area contributed by atoms with Crippen molar-refractivity contribution in [3.8, 4) is 0 Å². The van der Waals surface area contributed by atoms with Crippen LogP contribution in [0.25, 0.3) is 0 Å². The summed E-state index contributed by atoms with van der Waals surface area (Å²) in [6.07, 6.45) is 5.25. The van der Waals surface area contributed by atoms with Gasteiger partial charge in [-0.15, -0.1) is 11.3 Å². The normalized spacial score (nSPS) is 12.6. The van der Waals surface area contributed by atoms with Crippen LogP contribution >= 0.6 is 43.2 Å². The Labute approximate surface area is 121 Å². The molecule has 0 bridgehead atoms. The van der Waals surface area contributed by atoms with Crippen molar-refractivity contribution in [1.82, 2.24) is 15.3 Å². The highest BCUT2D eigenvalue weighted by Crippen LogP contribution is 2.37. The van der Waals surface area contributed by atoms with E-state index in [-0.39, 0.29) is 6.04 Å². The van der Waals surface area contributed by atoms with Gasteiger partial charge in [0.25, 0.3) is 0 Å². The summed E-state index contributed by atoms with van der Waals surface area (Å²) >= 11 is 8.74. The monoisotopic (exact) mass is 375 g/mol. The van der Waals surface area contributed by atoms with Gasteiger partial charge in [0.2, 0.25) is 0 Å². The Morgan fingerprint density at radius 3 is 2.59 bits per heavy atom. The van der Waals surface area contributed by atoms with E-state index in [2.05, 4.69) is 60.1 Å². The van der Waals surface area contributed by atoms with E-state index in [0.29, 0.717) is 0 Å². The molecule has 0 aliphatic carbocycles. The molecule has 6 heteroatoms. The molecule has 0 aromatic carbocycles. The van der Waals surface area contributed by atoms with Crippen LogP contribution in [0.2, 0.25) is 0 Å². The Kier molecular flexibility index (Phi) is 4.67. The summed E-state index contributed by atoms with van der Waals surface area (Å²) in [6, 6.07) is 2.27. The van der Waals surface area contributed by atoms with Crippen LogP contribution in [0.15, 0.2) is 33.0 Å². The summed E-state index contributed by atoms with van der Waals surface area (Å²) in [5.41, 5.74) is 1.08. The van der Waals surface area contributed by atoms with Crippen molar-refractivity contribution in [3.63, 3.8) is 0 Å². The van der Waals surface area contributed by atoms with E-state index in [4.69, 9.17) is 0 Å². The molecule has 90 valence electrons. The summed E-state index contributed by atoms with van der Waals surface area (Å²) in [6.45, 7) is 2.99. The fraction of sp³-hybridized carbons (Fsp3) is 0.273. The molecule has 0 aliphatic heterocycles. The van der Waals surface area contributed by atoms with Gasteiger partial charge >= 0.3 is 0 Å². The van der Waals surface area contributed by atoms with Gasteiger partial charge in [0.05, 0.1) is 9.83 Å². The Hall–Kier alpha value is -0.300. The van der Waals surface area contributed by atoms with Gasteiger partial charge in [0, 0.05) is 27.3 Å². The summed E-state index contributed by atoms with van der Waals surface area (Å²) < 4.78 is 2.18. The maximum Gasteiger partial charge on any atom is 0.115 e. The third kappa shape index (κ3) is 3.13. The molecule has 0 radical (unpaired) electrons. The lowest BCUT2D eigenvalue weighted by Crippen LogP contribution is -2.21. The first-order chi connectivity index (χ1) is 8.22.